The van der Waals surface area contributed by atoms with E-state index in [0.717, 1.165) is 25.0 Å². The highest BCUT2D eigenvalue weighted by Crippen LogP contribution is 2.13. The number of rotatable bonds is 4. The van der Waals surface area contributed by atoms with Crippen molar-refractivity contribution in [3.63, 3.8) is 0 Å². The molecule has 0 aromatic carbocycles. The molecule has 1 aliphatic rings. The van der Waals surface area contributed by atoms with Gasteiger partial charge in [0, 0.05) is 13.0 Å². The number of aliphatic hydroxyl groups is 1. The summed E-state index contributed by atoms with van der Waals surface area (Å²) in [6.07, 6.45) is 4.31. The van der Waals surface area contributed by atoms with Crippen molar-refractivity contribution in [3.8, 4) is 0 Å². The molecular weight excluding hydrogens is 132 g/mol. The fraction of sp³-hybridized carbons (Fsp3) is 0.714. The van der Waals surface area contributed by atoms with Crippen LogP contribution in [0.15, 0.2) is 12.0 Å². The molecule has 1 aliphatic heterocycles. The van der Waals surface area contributed by atoms with E-state index in [1.165, 1.54) is 0 Å². The summed E-state index contributed by atoms with van der Waals surface area (Å²) in [6, 6.07) is 0. The topological polar surface area (TPSA) is 38.7 Å². The van der Waals surface area contributed by atoms with E-state index >= 15 is 0 Å². The van der Waals surface area contributed by atoms with Gasteiger partial charge in [0.15, 0.2) is 0 Å². The maximum atomic E-state index is 8.45. The van der Waals surface area contributed by atoms with Crippen molar-refractivity contribution in [2.24, 2.45) is 0 Å². The SMILES string of the molecule is OCCCCC1=COCO1. The fourth-order valence-corrected chi connectivity index (χ4v) is 0.813. The van der Waals surface area contributed by atoms with Gasteiger partial charge in [-0.05, 0) is 12.8 Å². The average Bonchev–Trinajstić information content (AvgIpc) is 2.41. The van der Waals surface area contributed by atoms with Crippen molar-refractivity contribution in [1.29, 1.82) is 0 Å². The summed E-state index contributed by atoms with van der Waals surface area (Å²) in [5.41, 5.74) is 0. The molecule has 1 heterocycles. The Morgan fingerprint density at radius 1 is 1.50 bits per heavy atom. The molecule has 58 valence electrons. The quantitative estimate of drug-likeness (QED) is 0.598. The molecule has 0 unspecified atom stereocenters. The molecule has 3 heteroatoms. The summed E-state index contributed by atoms with van der Waals surface area (Å²) in [6.45, 7) is 0.614. The first-order valence-electron chi connectivity index (χ1n) is 3.48. The number of hydrogen-bond donors (Lipinski definition) is 1. The van der Waals surface area contributed by atoms with Gasteiger partial charge < -0.3 is 14.6 Å². The zero-order valence-corrected chi connectivity index (χ0v) is 5.88. The second-order valence-corrected chi connectivity index (χ2v) is 2.19. The molecule has 3 nitrogen and oxygen atoms in total. The molecule has 0 spiro atoms. The first-order chi connectivity index (χ1) is 4.93. The molecule has 1 rings (SSSR count). The smallest absolute Gasteiger partial charge is 0.229 e. The molecule has 0 atom stereocenters. The van der Waals surface area contributed by atoms with Crippen LogP contribution in [-0.2, 0) is 9.47 Å². The van der Waals surface area contributed by atoms with Crippen LogP contribution in [0.3, 0.4) is 0 Å². The van der Waals surface area contributed by atoms with E-state index in [4.69, 9.17) is 14.6 Å². The van der Waals surface area contributed by atoms with Crippen molar-refractivity contribution < 1.29 is 14.6 Å². The Kier molecular flexibility index (Phi) is 3.09. The first-order valence-corrected chi connectivity index (χ1v) is 3.48. The molecule has 0 radical (unpaired) electrons. The van der Waals surface area contributed by atoms with Gasteiger partial charge in [-0.3, -0.25) is 0 Å². The molecule has 0 bridgehead atoms. The summed E-state index contributed by atoms with van der Waals surface area (Å²) in [5.74, 6) is 0.897. The summed E-state index contributed by atoms with van der Waals surface area (Å²) < 4.78 is 9.90. The molecule has 0 saturated heterocycles. The molecule has 0 amide bonds. The van der Waals surface area contributed by atoms with E-state index < -0.39 is 0 Å². The van der Waals surface area contributed by atoms with Gasteiger partial charge in [0.05, 0.1) is 0 Å². The van der Waals surface area contributed by atoms with Crippen molar-refractivity contribution in [2.45, 2.75) is 19.3 Å². The van der Waals surface area contributed by atoms with Gasteiger partial charge in [0.25, 0.3) is 0 Å². The fourth-order valence-electron chi connectivity index (χ4n) is 0.813. The molecule has 0 aromatic heterocycles. The first kappa shape index (κ1) is 7.41. The van der Waals surface area contributed by atoms with Crippen LogP contribution in [0, 0.1) is 0 Å². The average molecular weight is 144 g/mol. The third-order valence-electron chi connectivity index (χ3n) is 1.36. The highest BCUT2D eigenvalue weighted by Gasteiger charge is 2.04. The number of ether oxygens (including phenoxy) is 2. The largest absolute Gasteiger partial charge is 0.462 e. The molecule has 0 fully saturated rings. The zero-order chi connectivity index (χ0) is 7.23. The maximum absolute atomic E-state index is 8.45. The maximum Gasteiger partial charge on any atom is 0.229 e. The highest BCUT2D eigenvalue weighted by molar-refractivity contribution is 4.89. The van der Waals surface area contributed by atoms with E-state index in [9.17, 15) is 0 Å². The normalized spacial score (nSPS) is 15.9. The van der Waals surface area contributed by atoms with Crippen LogP contribution in [0.5, 0.6) is 0 Å². The standard InChI is InChI=1S/C7H12O3/c8-4-2-1-3-7-5-9-6-10-7/h5,8H,1-4,6H2. The third kappa shape index (κ3) is 2.27. The minimum atomic E-state index is 0.258. The van der Waals surface area contributed by atoms with E-state index in [-0.39, 0.29) is 6.61 Å². The Morgan fingerprint density at radius 3 is 3.00 bits per heavy atom. The van der Waals surface area contributed by atoms with Crippen LogP contribution in [-0.4, -0.2) is 18.5 Å². The van der Waals surface area contributed by atoms with E-state index in [1.54, 1.807) is 6.26 Å². The lowest BCUT2D eigenvalue weighted by atomic mass is 10.2. The van der Waals surface area contributed by atoms with Gasteiger partial charge in [-0.1, -0.05) is 0 Å². The van der Waals surface area contributed by atoms with Gasteiger partial charge in [-0.2, -0.15) is 0 Å². The van der Waals surface area contributed by atoms with Gasteiger partial charge in [-0.15, -0.1) is 0 Å². The third-order valence-corrected chi connectivity index (χ3v) is 1.36. The molecule has 1 N–H and O–H groups in total. The lowest BCUT2D eigenvalue weighted by Crippen LogP contribution is -1.88. The van der Waals surface area contributed by atoms with Crippen LogP contribution in [0.4, 0.5) is 0 Å². The van der Waals surface area contributed by atoms with Crippen molar-refractivity contribution >= 4 is 0 Å². The number of unbranched alkanes of at least 4 members (excludes halogenated alkanes) is 1. The van der Waals surface area contributed by atoms with Crippen LogP contribution in [0.25, 0.3) is 0 Å². The second-order valence-electron chi connectivity index (χ2n) is 2.19. The van der Waals surface area contributed by atoms with E-state index in [0.29, 0.717) is 6.79 Å². The number of aliphatic hydroxyl groups excluding tert-OH is 1. The molecule has 0 saturated carbocycles. The second kappa shape index (κ2) is 4.17. The van der Waals surface area contributed by atoms with E-state index in [2.05, 4.69) is 0 Å². The van der Waals surface area contributed by atoms with Crippen LogP contribution >= 0.6 is 0 Å². The predicted octanol–water partition coefficient (Wildman–Crippen LogP) is 0.995. The van der Waals surface area contributed by atoms with Gasteiger partial charge >= 0.3 is 0 Å². The molecule has 10 heavy (non-hydrogen) atoms. The monoisotopic (exact) mass is 144 g/mol. The van der Waals surface area contributed by atoms with Crippen molar-refractivity contribution in [1.82, 2.24) is 0 Å². The summed E-state index contributed by atoms with van der Waals surface area (Å²) in [5, 5.41) is 8.45. The summed E-state index contributed by atoms with van der Waals surface area (Å²) in [4.78, 5) is 0. The van der Waals surface area contributed by atoms with Crippen molar-refractivity contribution in [3.05, 3.63) is 12.0 Å². The van der Waals surface area contributed by atoms with Crippen molar-refractivity contribution in [2.75, 3.05) is 13.4 Å². The lowest BCUT2D eigenvalue weighted by molar-refractivity contribution is 0.0774. The van der Waals surface area contributed by atoms with Gasteiger partial charge in [-0.25, -0.2) is 0 Å². The van der Waals surface area contributed by atoms with Crippen LogP contribution in [0.2, 0.25) is 0 Å². The summed E-state index contributed by atoms with van der Waals surface area (Å²) in [7, 11) is 0. The minimum Gasteiger partial charge on any atom is -0.462 e. The summed E-state index contributed by atoms with van der Waals surface area (Å²) >= 11 is 0. The lowest BCUT2D eigenvalue weighted by Gasteiger charge is -1.98. The molecule has 0 aromatic rings. The Hall–Kier alpha value is -0.700. The van der Waals surface area contributed by atoms with Crippen LogP contribution < -0.4 is 0 Å². The highest BCUT2D eigenvalue weighted by atomic mass is 16.7. The molecule has 0 aliphatic carbocycles. The van der Waals surface area contributed by atoms with Gasteiger partial charge in [0.1, 0.15) is 12.0 Å². The number of hydrogen-bond acceptors (Lipinski definition) is 3. The zero-order valence-electron chi connectivity index (χ0n) is 5.88. The number of allylic oxidation sites excluding steroid dienone is 1. The molecular formula is C7H12O3. The Balaban J connectivity index is 2.01. The Bertz CT molecular complexity index is 120. The predicted molar refractivity (Wildman–Crippen MR) is 36.1 cm³/mol. The minimum absolute atomic E-state index is 0.258. The van der Waals surface area contributed by atoms with E-state index in [1.807, 2.05) is 0 Å². The Labute approximate surface area is 60.3 Å². The Morgan fingerprint density at radius 2 is 2.40 bits per heavy atom. The van der Waals surface area contributed by atoms with Crippen LogP contribution in [0.1, 0.15) is 19.3 Å². The van der Waals surface area contributed by atoms with Gasteiger partial charge in [0.2, 0.25) is 6.79 Å².